The molecule has 5 nitrogen and oxygen atoms in total. The first kappa shape index (κ1) is 16.5. The zero-order valence-electron chi connectivity index (χ0n) is 14.2. The minimum Gasteiger partial charge on any atom is -0.379 e. The lowest BCUT2D eigenvalue weighted by molar-refractivity contribution is 0.0140. The zero-order valence-corrected chi connectivity index (χ0v) is 14.9. The van der Waals surface area contributed by atoms with Gasteiger partial charge in [-0.3, -0.25) is 4.90 Å². The van der Waals surface area contributed by atoms with Crippen molar-refractivity contribution >= 4 is 17.3 Å². The van der Waals surface area contributed by atoms with Gasteiger partial charge in [-0.05, 0) is 24.6 Å². The standard InChI is InChI=1S/C19H21ClN4O/c1-14-6-8-15(9-7-14)18-19(23-10-12-25-13-11-23)24(22-21-18)17-5-3-2-4-16(17)20/h2-9,18-19H,10-13H2,1H3. The summed E-state index contributed by atoms with van der Waals surface area (Å²) in [5.74, 6) is 0. The molecule has 2 atom stereocenters. The second-order valence-electron chi connectivity index (χ2n) is 6.42. The highest BCUT2D eigenvalue weighted by Crippen LogP contribution is 2.39. The van der Waals surface area contributed by atoms with Crippen LogP contribution in [0.4, 0.5) is 5.69 Å². The van der Waals surface area contributed by atoms with Crippen LogP contribution in [0, 0.1) is 6.92 Å². The lowest BCUT2D eigenvalue weighted by Gasteiger charge is -2.38. The molecule has 0 aliphatic carbocycles. The predicted molar refractivity (Wildman–Crippen MR) is 98.9 cm³/mol. The Balaban J connectivity index is 1.71. The van der Waals surface area contributed by atoms with Crippen molar-refractivity contribution in [3.05, 3.63) is 64.7 Å². The van der Waals surface area contributed by atoms with E-state index in [-0.39, 0.29) is 12.2 Å². The maximum absolute atomic E-state index is 6.44. The van der Waals surface area contributed by atoms with Crippen LogP contribution in [0.2, 0.25) is 5.02 Å². The second-order valence-corrected chi connectivity index (χ2v) is 6.83. The normalized spacial score (nSPS) is 24.0. The van der Waals surface area contributed by atoms with Gasteiger partial charge in [0.15, 0.2) is 0 Å². The van der Waals surface area contributed by atoms with Crippen LogP contribution in [0.5, 0.6) is 0 Å². The van der Waals surface area contributed by atoms with Crippen LogP contribution >= 0.6 is 11.6 Å². The Hall–Kier alpha value is -1.95. The summed E-state index contributed by atoms with van der Waals surface area (Å²) in [4.78, 5) is 2.39. The molecule has 2 unspecified atom stereocenters. The third-order valence-corrected chi connectivity index (χ3v) is 5.06. The third-order valence-electron chi connectivity index (χ3n) is 4.74. The third kappa shape index (κ3) is 3.27. The fourth-order valence-corrected chi connectivity index (χ4v) is 3.61. The fourth-order valence-electron chi connectivity index (χ4n) is 3.38. The van der Waals surface area contributed by atoms with E-state index in [1.54, 1.807) is 0 Å². The number of benzene rings is 2. The first-order chi connectivity index (χ1) is 12.2. The van der Waals surface area contributed by atoms with Crippen LogP contribution in [0.15, 0.2) is 58.9 Å². The molecule has 2 aliphatic heterocycles. The molecule has 0 bridgehead atoms. The van der Waals surface area contributed by atoms with Crippen LogP contribution in [0.25, 0.3) is 0 Å². The molecule has 0 amide bonds. The summed E-state index contributed by atoms with van der Waals surface area (Å²) in [6.07, 6.45) is 0.00602. The van der Waals surface area contributed by atoms with Crippen LogP contribution in [0.3, 0.4) is 0 Å². The summed E-state index contributed by atoms with van der Waals surface area (Å²) in [5.41, 5.74) is 3.30. The van der Waals surface area contributed by atoms with E-state index >= 15 is 0 Å². The van der Waals surface area contributed by atoms with Crippen molar-refractivity contribution in [3.63, 3.8) is 0 Å². The summed E-state index contributed by atoms with van der Waals surface area (Å²) in [7, 11) is 0. The lowest BCUT2D eigenvalue weighted by atomic mass is 10.0. The first-order valence-corrected chi connectivity index (χ1v) is 8.95. The highest BCUT2D eigenvalue weighted by Gasteiger charge is 2.40. The lowest BCUT2D eigenvalue weighted by Crippen LogP contribution is -2.51. The van der Waals surface area contributed by atoms with Gasteiger partial charge in [0.1, 0.15) is 12.2 Å². The second kappa shape index (κ2) is 7.12. The topological polar surface area (TPSA) is 40.4 Å². The van der Waals surface area contributed by atoms with Crippen molar-refractivity contribution < 1.29 is 4.74 Å². The van der Waals surface area contributed by atoms with E-state index in [9.17, 15) is 0 Å². The van der Waals surface area contributed by atoms with E-state index in [1.807, 2.05) is 29.3 Å². The Bertz CT molecular complexity index is 758. The molecular weight excluding hydrogens is 336 g/mol. The van der Waals surface area contributed by atoms with E-state index in [0.29, 0.717) is 5.02 Å². The monoisotopic (exact) mass is 356 g/mol. The number of nitrogens with zero attached hydrogens (tertiary/aromatic N) is 4. The number of hydrogen-bond acceptors (Lipinski definition) is 5. The average Bonchev–Trinajstić information content (AvgIpc) is 3.08. The number of aryl methyl sites for hydroxylation is 1. The van der Waals surface area contributed by atoms with Gasteiger partial charge in [-0.1, -0.05) is 58.8 Å². The van der Waals surface area contributed by atoms with Gasteiger partial charge in [-0.15, -0.1) is 0 Å². The Kier molecular flexibility index (Phi) is 4.70. The molecule has 2 aromatic carbocycles. The van der Waals surface area contributed by atoms with Gasteiger partial charge in [-0.25, -0.2) is 5.01 Å². The van der Waals surface area contributed by atoms with Gasteiger partial charge < -0.3 is 4.74 Å². The number of morpholine rings is 1. The van der Waals surface area contributed by atoms with E-state index in [2.05, 4.69) is 46.4 Å². The summed E-state index contributed by atoms with van der Waals surface area (Å²) in [6, 6.07) is 16.3. The number of ether oxygens (including phenoxy) is 1. The molecule has 0 radical (unpaired) electrons. The Labute approximate surface area is 152 Å². The number of halogens is 1. The Morgan fingerprint density at radius 1 is 1.04 bits per heavy atom. The van der Waals surface area contributed by atoms with E-state index < -0.39 is 0 Å². The maximum atomic E-state index is 6.44. The van der Waals surface area contributed by atoms with Gasteiger partial charge >= 0.3 is 0 Å². The molecule has 0 saturated carbocycles. The van der Waals surface area contributed by atoms with E-state index in [0.717, 1.165) is 32.0 Å². The summed E-state index contributed by atoms with van der Waals surface area (Å²) in [5, 5.41) is 11.7. The molecule has 0 spiro atoms. The highest BCUT2D eigenvalue weighted by atomic mass is 35.5. The van der Waals surface area contributed by atoms with Crippen molar-refractivity contribution in [2.24, 2.45) is 10.3 Å². The maximum Gasteiger partial charge on any atom is 0.135 e. The molecule has 1 fully saturated rings. The smallest absolute Gasteiger partial charge is 0.135 e. The molecular formula is C19H21ClN4O. The fraction of sp³-hybridized carbons (Fsp3) is 0.368. The van der Waals surface area contributed by atoms with E-state index in [4.69, 9.17) is 16.3 Å². The molecule has 25 heavy (non-hydrogen) atoms. The molecule has 1 saturated heterocycles. The molecule has 2 aliphatic rings. The number of hydrogen-bond donors (Lipinski definition) is 0. The van der Waals surface area contributed by atoms with Gasteiger partial charge in [0, 0.05) is 13.1 Å². The molecule has 130 valence electrons. The predicted octanol–water partition coefficient (Wildman–Crippen LogP) is 4.24. The van der Waals surface area contributed by atoms with Crippen molar-refractivity contribution in [1.29, 1.82) is 0 Å². The number of rotatable bonds is 3. The van der Waals surface area contributed by atoms with Gasteiger partial charge in [-0.2, -0.15) is 5.11 Å². The van der Waals surface area contributed by atoms with Crippen molar-refractivity contribution in [3.8, 4) is 0 Å². The Morgan fingerprint density at radius 3 is 2.48 bits per heavy atom. The van der Waals surface area contributed by atoms with Crippen LogP contribution in [0.1, 0.15) is 17.2 Å². The zero-order chi connectivity index (χ0) is 17.2. The van der Waals surface area contributed by atoms with Crippen molar-refractivity contribution in [2.45, 2.75) is 19.1 Å². The summed E-state index contributed by atoms with van der Waals surface area (Å²) < 4.78 is 5.53. The number of para-hydroxylation sites is 1. The van der Waals surface area contributed by atoms with Gasteiger partial charge in [0.2, 0.25) is 0 Å². The highest BCUT2D eigenvalue weighted by molar-refractivity contribution is 6.33. The Morgan fingerprint density at radius 2 is 1.76 bits per heavy atom. The summed E-state index contributed by atoms with van der Waals surface area (Å²) in [6.45, 7) is 5.27. The molecule has 2 heterocycles. The van der Waals surface area contributed by atoms with Gasteiger partial charge in [0.25, 0.3) is 0 Å². The minimum absolute atomic E-state index is 0.00602. The minimum atomic E-state index is -0.0463. The SMILES string of the molecule is Cc1ccc(C2N=NN(c3ccccc3Cl)C2N2CCOCC2)cc1. The molecule has 2 aromatic rings. The average molecular weight is 357 g/mol. The van der Waals surface area contributed by atoms with Crippen molar-refractivity contribution in [2.75, 3.05) is 31.3 Å². The summed E-state index contributed by atoms with van der Waals surface area (Å²) >= 11 is 6.44. The molecule has 0 N–H and O–H groups in total. The molecule has 0 aromatic heterocycles. The molecule has 6 heteroatoms. The largest absolute Gasteiger partial charge is 0.379 e. The van der Waals surface area contributed by atoms with Crippen LogP contribution < -0.4 is 5.01 Å². The van der Waals surface area contributed by atoms with Crippen molar-refractivity contribution in [1.82, 2.24) is 4.90 Å². The quantitative estimate of drug-likeness (QED) is 0.826. The van der Waals surface area contributed by atoms with E-state index in [1.165, 1.54) is 11.1 Å². The van der Waals surface area contributed by atoms with Gasteiger partial charge in [0.05, 0.1) is 23.9 Å². The first-order valence-electron chi connectivity index (χ1n) is 8.57. The van der Waals surface area contributed by atoms with Crippen LogP contribution in [-0.2, 0) is 4.74 Å². The number of anilines is 1. The van der Waals surface area contributed by atoms with Crippen LogP contribution in [-0.4, -0.2) is 37.4 Å². The molecule has 4 rings (SSSR count).